The monoisotopic (exact) mass is 414 g/mol. The molecule has 4 aliphatic rings. The third kappa shape index (κ3) is 2.92. The second-order valence-electron chi connectivity index (χ2n) is 10.7. The van der Waals surface area contributed by atoms with Crippen molar-refractivity contribution in [2.24, 2.45) is 34.5 Å². The van der Waals surface area contributed by atoms with Crippen LogP contribution in [0.5, 0.6) is 0 Å². The highest BCUT2D eigenvalue weighted by Crippen LogP contribution is 2.65. The van der Waals surface area contributed by atoms with Gasteiger partial charge in [-0.1, -0.05) is 32.0 Å². The Balaban J connectivity index is 1.43. The van der Waals surface area contributed by atoms with Crippen LogP contribution in [0.3, 0.4) is 0 Å². The number of hydrogen-bond acceptors (Lipinski definition) is 3. The quantitative estimate of drug-likeness (QED) is 0.760. The lowest BCUT2D eigenvalue weighted by Gasteiger charge is -2.60. The number of hydrogen-bond donors (Lipinski definition) is 1. The first-order valence-electron chi connectivity index (χ1n) is 11.5. The molecule has 0 heterocycles. The summed E-state index contributed by atoms with van der Waals surface area (Å²) in [5.41, 5.74) is 0.0108. The fourth-order valence-electron chi connectivity index (χ4n) is 7.91. The van der Waals surface area contributed by atoms with Crippen LogP contribution in [-0.2, 0) is 15.6 Å². The van der Waals surface area contributed by atoms with E-state index < -0.39 is 10.8 Å². The first kappa shape index (κ1) is 19.9. The van der Waals surface area contributed by atoms with Crippen LogP contribution >= 0.6 is 0 Å². The fraction of sp³-hybridized carbons (Fsp3) is 0.720. The van der Waals surface area contributed by atoms with E-state index >= 15 is 0 Å². The Hall–Kier alpha value is -1.00. The minimum atomic E-state index is -1.25. The molecule has 0 bridgehead atoms. The molecule has 4 aliphatic carbocycles. The van der Waals surface area contributed by atoms with Gasteiger partial charge < -0.3 is 5.11 Å². The molecule has 158 valence electrons. The van der Waals surface area contributed by atoms with Crippen molar-refractivity contribution in [3.8, 4) is 0 Å². The summed E-state index contributed by atoms with van der Waals surface area (Å²) in [4.78, 5) is 14.3. The van der Waals surface area contributed by atoms with Crippen LogP contribution in [0.25, 0.3) is 0 Å². The van der Waals surface area contributed by atoms with Gasteiger partial charge in [0.05, 0.1) is 22.2 Å². The highest BCUT2D eigenvalue weighted by molar-refractivity contribution is 7.86. The lowest BCUT2D eigenvalue weighted by Crippen LogP contribution is -2.54. The number of carbonyl (C=O) groups excluding carboxylic acids is 1. The van der Waals surface area contributed by atoms with Gasteiger partial charge in [0.1, 0.15) is 0 Å². The fourth-order valence-corrected chi connectivity index (χ4v) is 9.50. The van der Waals surface area contributed by atoms with E-state index in [1.165, 1.54) is 12.8 Å². The smallest absolute Gasteiger partial charge is 0.154 e. The Morgan fingerprint density at radius 2 is 1.72 bits per heavy atom. The summed E-state index contributed by atoms with van der Waals surface area (Å²) in [5.74, 6) is 2.49. The zero-order valence-corrected chi connectivity index (χ0v) is 18.5. The number of aliphatic hydroxyl groups excluding tert-OH is 1. The van der Waals surface area contributed by atoms with E-state index in [9.17, 15) is 14.1 Å². The van der Waals surface area contributed by atoms with Gasteiger partial charge in [0.15, 0.2) is 5.78 Å². The molecule has 4 fully saturated rings. The second-order valence-corrected chi connectivity index (χ2v) is 12.4. The summed E-state index contributed by atoms with van der Waals surface area (Å²) < 4.78 is 13.3. The van der Waals surface area contributed by atoms with Crippen molar-refractivity contribution in [3.05, 3.63) is 30.3 Å². The van der Waals surface area contributed by atoms with Crippen LogP contribution in [0.1, 0.15) is 65.2 Å². The van der Waals surface area contributed by atoms with Crippen LogP contribution in [0.2, 0.25) is 0 Å². The molecule has 3 nitrogen and oxygen atoms in total. The van der Waals surface area contributed by atoms with Crippen molar-refractivity contribution in [2.45, 2.75) is 81.5 Å². The summed E-state index contributed by atoms with van der Waals surface area (Å²) in [6.45, 7) is 4.65. The van der Waals surface area contributed by atoms with E-state index in [0.29, 0.717) is 29.1 Å². The second kappa shape index (κ2) is 7.02. The molecule has 1 aromatic rings. The molecule has 4 heteroatoms. The maximum atomic E-state index is 13.5. The Kier molecular flexibility index (Phi) is 4.82. The predicted molar refractivity (Wildman–Crippen MR) is 115 cm³/mol. The van der Waals surface area contributed by atoms with E-state index in [-0.39, 0.29) is 22.6 Å². The Bertz CT molecular complexity index is 823. The molecule has 1 N–H and O–H groups in total. The van der Waals surface area contributed by atoms with Gasteiger partial charge in [-0.05, 0) is 92.6 Å². The van der Waals surface area contributed by atoms with Crippen molar-refractivity contribution in [3.63, 3.8) is 0 Å². The van der Waals surface area contributed by atoms with Gasteiger partial charge in [-0.3, -0.25) is 9.00 Å². The van der Waals surface area contributed by atoms with Gasteiger partial charge in [-0.25, -0.2) is 0 Å². The molecular formula is C25H34O3S. The van der Waals surface area contributed by atoms with Crippen LogP contribution in [0, 0.1) is 34.5 Å². The van der Waals surface area contributed by atoms with Gasteiger partial charge >= 0.3 is 0 Å². The molecular weight excluding hydrogens is 380 g/mol. The molecule has 29 heavy (non-hydrogen) atoms. The summed E-state index contributed by atoms with van der Waals surface area (Å²) in [7, 11) is -1.25. The first-order chi connectivity index (χ1) is 13.8. The van der Waals surface area contributed by atoms with E-state index in [0.717, 1.165) is 43.4 Å². The van der Waals surface area contributed by atoms with Crippen LogP contribution in [-0.4, -0.2) is 26.5 Å². The summed E-state index contributed by atoms with van der Waals surface area (Å²) >= 11 is 0. The third-order valence-electron chi connectivity index (χ3n) is 9.58. The molecule has 0 spiro atoms. The van der Waals surface area contributed by atoms with E-state index in [1.54, 1.807) is 0 Å². The van der Waals surface area contributed by atoms with Gasteiger partial charge in [0.2, 0.25) is 0 Å². The van der Waals surface area contributed by atoms with Crippen molar-refractivity contribution >= 4 is 16.6 Å². The molecule has 0 amide bonds. The van der Waals surface area contributed by atoms with E-state index in [4.69, 9.17) is 0 Å². The zero-order chi connectivity index (χ0) is 20.4. The minimum Gasteiger partial charge on any atom is -0.393 e. The number of ketones is 1. The predicted octanol–water partition coefficient (Wildman–Crippen LogP) is 4.75. The maximum Gasteiger partial charge on any atom is 0.154 e. The molecule has 1 aromatic carbocycles. The minimum absolute atomic E-state index is 0.121. The average Bonchev–Trinajstić information content (AvgIpc) is 3.00. The number of aliphatic hydroxyl groups is 1. The third-order valence-corrected chi connectivity index (χ3v) is 11.2. The van der Waals surface area contributed by atoms with Crippen LogP contribution < -0.4 is 0 Å². The summed E-state index contributed by atoms with van der Waals surface area (Å²) in [5, 5.41) is 9.87. The highest BCUT2D eigenvalue weighted by Gasteiger charge is 2.63. The topological polar surface area (TPSA) is 54.4 Å². The molecule has 0 aromatic heterocycles. The molecule has 0 radical (unpaired) electrons. The average molecular weight is 415 g/mol. The standard InChI is InChI=1S/C25H34O3S/c1-24-12-10-17(26)14-16(24)8-9-19-20(24)11-13-25(2)21(19)15-22(23(25)27)29(28)18-6-4-3-5-7-18/h3-7,16-17,19-22,26H,8-15H2,1-2H3/t16-,17-,19+,20-,21-,22?,24-,25-,29?/m0/s1. The van der Waals surface area contributed by atoms with Crippen molar-refractivity contribution in [1.82, 2.24) is 0 Å². The lowest BCUT2D eigenvalue weighted by atomic mass is 9.45. The number of fused-ring (bicyclic) bond motifs is 5. The zero-order valence-electron chi connectivity index (χ0n) is 17.7. The molecule has 2 unspecified atom stereocenters. The Labute approximate surface area is 177 Å². The number of Topliss-reactive ketones (excluding diaryl/α,β-unsaturated/α-hetero) is 1. The normalized spacial score (nSPS) is 47.8. The first-order valence-corrected chi connectivity index (χ1v) is 12.7. The molecule has 5 rings (SSSR count). The number of benzene rings is 1. The van der Waals surface area contributed by atoms with Gasteiger partial charge in [0.25, 0.3) is 0 Å². The summed E-state index contributed by atoms with van der Waals surface area (Å²) in [6, 6.07) is 9.56. The van der Waals surface area contributed by atoms with Crippen LogP contribution in [0.15, 0.2) is 35.2 Å². The SMILES string of the molecule is C[C@]12CC[C@H](O)C[C@@H]1CC[C@@H]1[C@@H]2CC[C@]2(C)C(=O)C(S(=O)c3ccccc3)C[C@@H]12. The van der Waals surface area contributed by atoms with Gasteiger partial charge in [0, 0.05) is 10.3 Å². The van der Waals surface area contributed by atoms with Crippen molar-refractivity contribution < 1.29 is 14.1 Å². The lowest BCUT2D eigenvalue weighted by molar-refractivity contribution is -0.142. The number of rotatable bonds is 2. The summed E-state index contributed by atoms with van der Waals surface area (Å²) in [6.07, 6.45) is 8.11. The van der Waals surface area contributed by atoms with E-state index in [2.05, 4.69) is 13.8 Å². The highest BCUT2D eigenvalue weighted by atomic mass is 32.2. The Morgan fingerprint density at radius 1 is 0.966 bits per heavy atom. The van der Waals surface area contributed by atoms with Crippen molar-refractivity contribution in [2.75, 3.05) is 0 Å². The van der Waals surface area contributed by atoms with Gasteiger partial charge in [-0.15, -0.1) is 0 Å². The van der Waals surface area contributed by atoms with Crippen LogP contribution in [0.4, 0.5) is 0 Å². The molecule has 0 aliphatic heterocycles. The van der Waals surface area contributed by atoms with Crippen molar-refractivity contribution in [1.29, 1.82) is 0 Å². The van der Waals surface area contributed by atoms with E-state index in [1.807, 2.05) is 30.3 Å². The maximum absolute atomic E-state index is 13.5. The Morgan fingerprint density at radius 3 is 2.48 bits per heavy atom. The largest absolute Gasteiger partial charge is 0.393 e. The molecule has 4 saturated carbocycles. The number of carbonyl (C=O) groups is 1. The van der Waals surface area contributed by atoms with Gasteiger partial charge in [-0.2, -0.15) is 0 Å². The molecule has 0 saturated heterocycles. The molecule has 9 atom stereocenters.